The molecule has 0 bridgehead atoms. The Kier molecular flexibility index (Phi) is 3.42. The maximum Gasteiger partial charge on any atom is 0.0474 e. The van der Waals surface area contributed by atoms with Crippen LogP contribution < -0.4 is 11.1 Å². The van der Waals surface area contributed by atoms with Crippen LogP contribution in [-0.4, -0.2) is 12.6 Å². The van der Waals surface area contributed by atoms with Crippen molar-refractivity contribution >= 4 is 10.8 Å². The van der Waals surface area contributed by atoms with Crippen LogP contribution in [-0.2, 0) is 0 Å². The molecule has 2 heteroatoms. The van der Waals surface area contributed by atoms with Crippen molar-refractivity contribution in [2.45, 2.75) is 32.4 Å². The number of nitrogens with one attached hydrogen (secondary N) is 1. The summed E-state index contributed by atoms with van der Waals surface area (Å²) in [6.07, 6.45) is 0. The number of hydrogen-bond donors (Lipinski definition) is 2. The van der Waals surface area contributed by atoms with E-state index in [2.05, 4.69) is 62.5 Å². The summed E-state index contributed by atoms with van der Waals surface area (Å²) in [6.45, 7) is 6.36. The van der Waals surface area contributed by atoms with Gasteiger partial charge in [0, 0.05) is 11.6 Å². The summed E-state index contributed by atoms with van der Waals surface area (Å²) in [5.74, 6) is 0. The van der Waals surface area contributed by atoms with Crippen molar-refractivity contribution in [1.82, 2.24) is 5.32 Å². The Balaban J connectivity index is 2.44. The summed E-state index contributed by atoms with van der Waals surface area (Å²) in [4.78, 5) is 0. The lowest BCUT2D eigenvalue weighted by molar-refractivity contribution is 0.349. The normalized spacial score (nSPS) is 13.8. The molecule has 0 saturated heterocycles. The number of benzene rings is 2. The fourth-order valence-corrected chi connectivity index (χ4v) is 2.15. The van der Waals surface area contributed by atoms with Crippen LogP contribution in [0.4, 0.5) is 0 Å². The first-order valence-corrected chi connectivity index (χ1v) is 6.39. The van der Waals surface area contributed by atoms with Crippen LogP contribution in [0.15, 0.2) is 36.4 Å². The number of likely N-dealkylation sites (N-methyl/N-ethyl adjacent to an activating group) is 1. The third kappa shape index (κ3) is 2.40. The minimum absolute atomic E-state index is 0.0202. The van der Waals surface area contributed by atoms with E-state index in [1.54, 1.807) is 0 Å². The molecule has 2 aromatic carbocycles. The summed E-state index contributed by atoms with van der Waals surface area (Å²) >= 11 is 0. The van der Waals surface area contributed by atoms with Gasteiger partial charge >= 0.3 is 0 Å². The molecule has 0 spiro atoms. The second-order valence-corrected chi connectivity index (χ2v) is 5.56. The van der Waals surface area contributed by atoms with E-state index in [0.717, 1.165) is 0 Å². The quantitative estimate of drug-likeness (QED) is 0.867. The molecule has 0 aromatic heterocycles. The maximum atomic E-state index is 6.34. The molecule has 96 valence electrons. The van der Waals surface area contributed by atoms with Crippen molar-refractivity contribution in [1.29, 1.82) is 0 Å². The van der Waals surface area contributed by atoms with Gasteiger partial charge < -0.3 is 11.1 Å². The van der Waals surface area contributed by atoms with E-state index in [4.69, 9.17) is 5.73 Å². The van der Waals surface area contributed by atoms with Gasteiger partial charge in [-0.2, -0.15) is 0 Å². The SMILES string of the molecule is CNC(C)(C)C(N)c1ccc2cc(C)ccc2c1. The molecule has 18 heavy (non-hydrogen) atoms. The van der Waals surface area contributed by atoms with Gasteiger partial charge in [-0.15, -0.1) is 0 Å². The fourth-order valence-electron chi connectivity index (χ4n) is 2.15. The third-order valence-electron chi connectivity index (χ3n) is 3.80. The molecule has 2 nitrogen and oxygen atoms in total. The summed E-state index contributed by atoms with van der Waals surface area (Å²) < 4.78 is 0. The van der Waals surface area contributed by atoms with Crippen LogP contribution in [0.1, 0.15) is 31.0 Å². The highest BCUT2D eigenvalue weighted by Gasteiger charge is 2.25. The van der Waals surface area contributed by atoms with Gasteiger partial charge in [-0.1, -0.05) is 35.9 Å². The van der Waals surface area contributed by atoms with E-state index in [1.807, 2.05) is 7.05 Å². The number of aryl methyl sites for hydroxylation is 1. The van der Waals surface area contributed by atoms with E-state index < -0.39 is 0 Å². The molecule has 0 heterocycles. The minimum atomic E-state index is -0.113. The Bertz CT molecular complexity index is 558. The van der Waals surface area contributed by atoms with Crippen LogP contribution in [0.25, 0.3) is 10.8 Å². The summed E-state index contributed by atoms with van der Waals surface area (Å²) in [5.41, 5.74) is 8.69. The lowest BCUT2D eigenvalue weighted by Gasteiger charge is -2.31. The van der Waals surface area contributed by atoms with Crippen molar-refractivity contribution in [3.8, 4) is 0 Å². The van der Waals surface area contributed by atoms with Gasteiger partial charge in [0.15, 0.2) is 0 Å². The second kappa shape index (κ2) is 4.71. The van der Waals surface area contributed by atoms with Crippen molar-refractivity contribution in [2.24, 2.45) is 5.73 Å². The van der Waals surface area contributed by atoms with Crippen molar-refractivity contribution in [2.75, 3.05) is 7.05 Å². The zero-order valence-electron chi connectivity index (χ0n) is 11.6. The summed E-state index contributed by atoms with van der Waals surface area (Å²) in [5, 5.41) is 5.79. The standard InChI is InChI=1S/C16H22N2/c1-11-5-6-13-10-14(8-7-12(13)9-11)15(17)16(2,3)18-4/h5-10,15,18H,17H2,1-4H3. The topological polar surface area (TPSA) is 38.0 Å². The monoisotopic (exact) mass is 242 g/mol. The second-order valence-electron chi connectivity index (χ2n) is 5.56. The van der Waals surface area contributed by atoms with Crippen molar-refractivity contribution in [3.63, 3.8) is 0 Å². The van der Waals surface area contributed by atoms with Crippen LogP contribution >= 0.6 is 0 Å². The highest BCUT2D eigenvalue weighted by atomic mass is 15.0. The zero-order chi connectivity index (χ0) is 13.3. The van der Waals surface area contributed by atoms with Crippen LogP contribution in [0, 0.1) is 6.92 Å². The molecule has 0 radical (unpaired) electrons. The number of nitrogens with two attached hydrogens (primary N) is 1. The summed E-state index contributed by atoms with van der Waals surface area (Å²) in [6, 6.07) is 13.0. The van der Waals surface area contributed by atoms with Gasteiger partial charge in [0.1, 0.15) is 0 Å². The van der Waals surface area contributed by atoms with Gasteiger partial charge in [-0.3, -0.25) is 0 Å². The van der Waals surface area contributed by atoms with E-state index in [9.17, 15) is 0 Å². The number of rotatable bonds is 3. The van der Waals surface area contributed by atoms with Gasteiger partial charge in [0.05, 0.1) is 0 Å². The Labute approximate surface area is 109 Å². The largest absolute Gasteiger partial charge is 0.322 e. The van der Waals surface area contributed by atoms with Crippen LogP contribution in [0.3, 0.4) is 0 Å². The Morgan fingerprint density at radius 3 is 2.33 bits per heavy atom. The van der Waals surface area contributed by atoms with Gasteiger partial charge in [-0.05, 0) is 50.2 Å². The Hall–Kier alpha value is -1.38. The molecule has 0 aliphatic heterocycles. The predicted octanol–water partition coefficient (Wildman–Crippen LogP) is 3.15. The molecule has 3 N–H and O–H groups in total. The molecule has 0 saturated carbocycles. The molecule has 0 fully saturated rings. The first-order chi connectivity index (χ1) is 8.44. The van der Waals surface area contributed by atoms with Gasteiger partial charge in [-0.25, -0.2) is 0 Å². The molecule has 0 amide bonds. The molecule has 1 unspecified atom stereocenters. The molecule has 1 atom stereocenters. The lowest BCUT2D eigenvalue weighted by Crippen LogP contribution is -2.46. The molecular weight excluding hydrogens is 220 g/mol. The molecule has 2 rings (SSSR count). The molecular formula is C16H22N2. The molecule has 2 aromatic rings. The van der Waals surface area contributed by atoms with Crippen molar-refractivity contribution < 1.29 is 0 Å². The van der Waals surface area contributed by atoms with E-state index >= 15 is 0 Å². The van der Waals surface area contributed by atoms with E-state index in [-0.39, 0.29) is 11.6 Å². The number of fused-ring (bicyclic) bond motifs is 1. The number of hydrogen-bond acceptors (Lipinski definition) is 2. The van der Waals surface area contributed by atoms with Gasteiger partial charge in [0.25, 0.3) is 0 Å². The fraction of sp³-hybridized carbons (Fsp3) is 0.375. The smallest absolute Gasteiger partial charge is 0.0474 e. The zero-order valence-corrected chi connectivity index (χ0v) is 11.6. The van der Waals surface area contributed by atoms with E-state index in [0.29, 0.717) is 0 Å². The minimum Gasteiger partial charge on any atom is -0.322 e. The first kappa shape index (κ1) is 13.1. The average Bonchev–Trinajstić information content (AvgIpc) is 2.37. The first-order valence-electron chi connectivity index (χ1n) is 6.39. The van der Waals surface area contributed by atoms with Crippen LogP contribution in [0.5, 0.6) is 0 Å². The summed E-state index contributed by atoms with van der Waals surface area (Å²) in [7, 11) is 1.95. The van der Waals surface area contributed by atoms with Crippen LogP contribution in [0.2, 0.25) is 0 Å². The molecule has 0 aliphatic rings. The maximum absolute atomic E-state index is 6.34. The lowest BCUT2D eigenvalue weighted by atomic mass is 9.88. The van der Waals surface area contributed by atoms with Gasteiger partial charge in [0.2, 0.25) is 0 Å². The highest BCUT2D eigenvalue weighted by Crippen LogP contribution is 2.26. The third-order valence-corrected chi connectivity index (χ3v) is 3.80. The van der Waals surface area contributed by atoms with Crippen molar-refractivity contribution in [3.05, 3.63) is 47.5 Å². The average molecular weight is 242 g/mol. The Morgan fingerprint density at radius 2 is 1.67 bits per heavy atom. The predicted molar refractivity (Wildman–Crippen MR) is 78.8 cm³/mol. The highest BCUT2D eigenvalue weighted by molar-refractivity contribution is 5.83. The Morgan fingerprint density at radius 1 is 1.06 bits per heavy atom. The van der Waals surface area contributed by atoms with E-state index in [1.165, 1.54) is 21.9 Å². The molecule has 0 aliphatic carbocycles.